The summed E-state index contributed by atoms with van der Waals surface area (Å²) in [5.74, 6) is 2.39. The molecule has 3 aliphatic heterocycles. The number of pyridine rings is 1. The summed E-state index contributed by atoms with van der Waals surface area (Å²) < 4.78 is 89.5. The molecule has 4 heterocycles. The SMILES string of the molecule is C=CCO[C@H](c1ccnc2ccccc12)[C@@H]1C[C@@H]2CC[N+]1(Cc1ccc(F)c(F)c1F)C[C@@H]2C#Cc1ccc(C(F)(F)F)cc1. The lowest BCUT2D eigenvalue weighted by atomic mass is 9.71. The van der Waals surface area contributed by atoms with Gasteiger partial charge >= 0.3 is 6.18 Å². The number of para-hydroxylation sites is 1. The standard InChI is InChI=1S/C36H31F6N2O/c1-2-19-45-35(29-15-17-43-31-6-4-3-5-28(29)31)32-20-24-16-18-44(32,22-26-11-14-30(37)34(39)33(26)38)21-25(24)10-7-23-8-12-27(13-9-23)36(40,41)42/h2-6,8-9,11-15,17,24-25,32,35H,1,16,18-22H2/q+1/t24-,25-,32-,35+,44?/m0/s1. The Labute approximate surface area is 257 Å². The number of fused-ring (bicyclic) bond motifs is 4. The molecule has 1 aromatic heterocycles. The zero-order valence-corrected chi connectivity index (χ0v) is 24.3. The first kappa shape index (κ1) is 30.9. The van der Waals surface area contributed by atoms with Crippen LogP contribution in [0, 0.1) is 41.1 Å². The van der Waals surface area contributed by atoms with Crippen LogP contribution >= 0.6 is 0 Å². The number of alkyl halides is 3. The van der Waals surface area contributed by atoms with Gasteiger partial charge in [0.2, 0.25) is 0 Å². The molecule has 45 heavy (non-hydrogen) atoms. The van der Waals surface area contributed by atoms with Crippen LogP contribution in [0.3, 0.4) is 0 Å². The molecule has 232 valence electrons. The highest BCUT2D eigenvalue weighted by Crippen LogP contribution is 2.49. The Bertz CT molecular complexity index is 1770. The number of hydrogen-bond donors (Lipinski definition) is 0. The van der Waals surface area contributed by atoms with Gasteiger partial charge in [-0.2, -0.15) is 13.2 Å². The van der Waals surface area contributed by atoms with Crippen molar-refractivity contribution in [3.05, 3.63) is 125 Å². The molecule has 9 heteroatoms. The lowest BCUT2D eigenvalue weighted by Crippen LogP contribution is -2.68. The molecule has 1 unspecified atom stereocenters. The number of rotatable bonds is 7. The topological polar surface area (TPSA) is 22.1 Å². The number of quaternary nitrogens is 1. The number of hydrogen-bond acceptors (Lipinski definition) is 2. The molecule has 0 amide bonds. The van der Waals surface area contributed by atoms with E-state index in [4.69, 9.17) is 4.74 Å². The molecular formula is C36H31F6N2O+. The van der Waals surface area contributed by atoms with E-state index < -0.39 is 35.3 Å². The average Bonchev–Trinajstić information content (AvgIpc) is 3.04. The maximum Gasteiger partial charge on any atom is 0.416 e. The minimum Gasteiger partial charge on any atom is -0.363 e. The highest BCUT2D eigenvalue weighted by atomic mass is 19.4. The van der Waals surface area contributed by atoms with Gasteiger partial charge in [-0.1, -0.05) is 36.1 Å². The van der Waals surface area contributed by atoms with Gasteiger partial charge < -0.3 is 9.22 Å². The second-order valence-corrected chi connectivity index (χ2v) is 11.9. The summed E-state index contributed by atoms with van der Waals surface area (Å²) in [5.41, 5.74) is 1.51. The average molecular weight is 622 g/mol. The lowest BCUT2D eigenvalue weighted by Gasteiger charge is -2.58. The fraction of sp³-hybridized carbons (Fsp3) is 0.306. The first-order valence-electron chi connectivity index (χ1n) is 14.8. The molecule has 5 atom stereocenters. The van der Waals surface area contributed by atoms with Crippen LogP contribution in [0.15, 0.2) is 85.6 Å². The highest BCUT2D eigenvalue weighted by molar-refractivity contribution is 5.82. The van der Waals surface area contributed by atoms with Crippen molar-refractivity contribution in [2.24, 2.45) is 11.8 Å². The molecule has 0 radical (unpaired) electrons. The van der Waals surface area contributed by atoms with Crippen molar-refractivity contribution in [1.82, 2.24) is 4.98 Å². The second kappa shape index (κ2) is 12.3. The van der Waals surface area contributed by atoms with E-state index in [0.29, 0.717) is 29.6 Å². The molecule has 3 aromatic carbocycles. The monoisotopic (exact) mass is 621 g/mol. The van der Waals surface area contributed by atoms with E-state index in [0.717, 1.165) is 41.1 Å². The number of aromatic nitrogens is 1. The van der Waals surface area contributed by atoms with Crippen LogP contribution in [0.2, 0.25) is 0 Å². The number of piperidine rings is 3. The third kappa shape index (κ3) is 6.09. The van der Waals surface area contributed by atoms with Crippen molar-refractivity contribution >= 4 is 10.9 Å². The van der Waals surface area contributed by atoms with Crippen LogP contribution in [-0.2, 0) is 17.5 Å². The molecule has 0 saturated carbocycles. The quantitative estimate of drug-likeness (QED) is 0.0680. The Morgan fingerprint density at radius 1 is 1.00 bits per heavy atom. The third-order valence-electron chi connectivity index (χ3n) is 9.27. The van der Waals surface area contributed by atoms with Gasteiger partial charge in [-0.15, -0.1) is 6.58 Å². The third-order valence-corrected chi connectivity index (χ3v) is 9.27. The van der Waals surface area contributed by atoms with Crippen LogP contribution in [0.25, 0.3) is 10.9 Å². The molecule has 3 fully saturated rings. The van der Waals surface area contributed by atoms with Gasteiger partial charge in [0, 0.05) is 35.6 Å². The molecule has 0 spiro atoms. The largest absolute Gasteiger partial charge is 0.416 e. The van der Waals surface area contributed by atoms with Gasteiger partial charge in [-0.05, 0) is 60.0 Å². The summed E-state index contributed by atoms with van der Waals surface area (Å²) in [7, 11) is 0. The van der Waals surface area contributed by atoms with E-state index in [1.54, 1.807) is 12.3 Å². The van der Waals surface area contributed by atoms with Gasteiger partial charge in [0.25, 0.3) is 0 Å². The summed E-state index contributed by atoms with van der Waals surface area (Å²) in [6.07, 6.45) is -0.0565. The Kier molecular flexibility index (Phi) is 8.47. The Hall–Kier alpha value is -4.13. The van der Waals surface area contributed by atoms with E-state index in [1.165, 1.54) is 18.2 Å². The number of benzene rings is 3. The van der Waals surface area contributed by atoms with Crippen LogP contribution in [0.4, 0.5) is 26.3 Å². The van der Waals surface area contributed by atoms with Gasteiger partial charge in [-0.25, -0.2) is 13.2 Å². The van der Waals surface area contributed by atoms with Gasteiger partial charge in [0.05, 0.1) is 36.7 Å². The normalized spacial score (nSPS) is 23.4. The molecule has 0 aliphatic carbocycles. The van der Waals surface area contributed by atoms with Crippen molar-refractivity contribution < 1.29 is 35.6 Å². The van der Waals surface area contributed by atoms with Crippen molar-refractivity contribution in [1.29, 1.82) is 0 Å². The summed E-state index contributed by atoms with van der Waals surface area (Å²) >= 11 is 0. The Morgan fingerprint density at radius 2 is 1.78 bits per heavy atom. The van der Waals surface area contributed by atoms with Crippen molar-refractivity contribution in [3.63, 3.8) is 0 Å². The minimum atomic E-state index is -4.44. The molecular weight excluding hydrogens is 590 g/mol. The first-order chi connectivity index (χ1) is 21.6. The molecule has 2 bridgehead atoms. The molecule has 7 rings (SSSR count). The molecule has 4 aromatic rings. The van der Waals surface area contributed by atoms with E-state index in [-0.39, 0.29) is 36.6 Å². The number of halogens is 6. The van der Waals surface area contributed by atoms with Crippen LogP contribution in [0.5, 0.6) is 0 Å². The van der Waals surface area contributed by atoms with E-state index in [9.17, 15) is 22.0 Å². The molecule has 0 N–H and O–H groups in total. The van der Waals surface area contributed by atoms with Crippen molar-refractivity contribution in [3.8, 4) is 11.8 Å². The maximum atomic E-state index is 15.2. The van der Waals surface area contributed by atoms with Gasteiger partial charge in [-0.3, -0.25) is 4.98 Å². The predicted octanol–water partition coefficient (Wildman–Crippen LogP) is 8.39. The zero-order chi connectivity index (χ0) is 31.8. The van der Waals surface area contributed by atoms with E-state index in [1.807, 2.05) is 30.3 Å². The van der Waals surface area contributed by atoms with E-state index >= 15 is 4.39 Å². The van der Waals surface area contributed by atoms with Crippen molar-refractivity contribution in [2.45, 2.75) is 37.7 Å². The van der Waals surface area contributed by atoms with Crippen LogP contribution in [0.1, 0.15) is 41.2 Å². The summed E-state index contributed by atoms with van der Waals surface area (Å²) in [6.45, 7) is 5.31. The van der Waals surface area contributed by atoms with Gasteiger partial charge in [0.1, 0.15) is 18.7 Å². The number of ether oxygens (including phenoxy) is 1. The fourth-order valence-corrected chi connectivity index (χ4v) is 7.10. The molecule has 3 aliphatic rings. The van der Waals surface area contributed by atoms with Gasteiger partial charge in [0.15, 0.2) is 17.5 Å². The first-order valence-corrected chi connectivity index (χ1v) is 14.8. The summed E-state index contributed by atoms with van der Waals surface area (Å²) in [5, 5.41) is 0.924. The molecule has 3 nitrogen and oxygen atoms in total. The van der Waals surface area contributed by atoms with E-state index in [2.05, 4.69) is 23.4 Å². The number of nitrogens with zero attached hydrogens (tertiary/aromatic N) is 2. The predicted molar refractivity (Wildman–Crippen MR) is 159 cm³/mol. The summed E-state index contributed by atoms with van der Waals surface area (Å²) in [6, 6.07) is 16.5. The minimum absolute atomic E-state index is 0.0655. The van der Waals surface area contributed by atoms with Crippen LogP contribution in [-0.4, -0.2) is 35.2 Å². The maximum absolute atomic E-state index is 15.2. The highest BCUT2D eigenvalue weighted by Gasteiger charge is 2.55. The second-order valence-electron chi connectivity index (χ2n) is 11.9. The fourth-order valence-electron chi connectivity index (χ4n) is 7.10. The summed E-state index contributed by atoms with van der Waals surface area (Å²) in [4.78, 5) is 4.51. The lowest BCUT2D eigenvalue weighted by molar-refractivity contribution is -0.984. The zero-order valence-electron chi connectivity index (χ0n) is 24.3. The molecule has 3 saturated heterocycles. The Morgan fingerprint density at radius 3 is 2.53 bits per heavy atom. The smallest absolute Gasteiger partial charge is 0.363 e. The van der Waals surface area contributed by atoms with Crippen LogP contribution < -0.4 is 0 Å². The Balaban J connectivity index is 1.41. The van der Waals surface area contributed by atoms with Crippen molar-refractivity contribution in [2.75, 3.05) is 19.7 Å².